The van der Waals surface area contributed by atoms with E-state index in [0.717, 1.165) is 13.1 Å². The number of hydrogen-bond donors (Lipinski definition) is 2. The molecular weight excluding hydrogens is 236 g/mol. The van der Waals surface area contributed by atoms with Crippen molar-refractivity contribution < 1.29 is 5.11 Å². The fourth-order valence-corrected chi connectivity index (χ4v) is 3.40. The molecule has 3 heteroatoms. The summed E-state index contributed by atoms with van der Waals surface area (Å²) in [5.41, 5.74) is 5.32. The van der Waals surface area contributed by atoms with Crippen molar-refractivity contribution in [2.45, 2.75) is 46.2 Å². The Kier molecular flexibility index (Phi) is 3.88. The van der Waals surface area contributed by atoms with Crippen molar-refractivity contribution in [1.29, 1.82) is 0 Å². The summed E-state index contributed by atoms with van der Waals surface area (Å²) in [6, 6.07) is 4.63. The van der Waals surface area contributed by atoms with E-state index in [9.17, 15) is 5.11 Å². The molecule has 1 unspecified atom stereocenters. The number of nitrogens with zero attached hydrogens (tertiary/aromatic N) is 1. The van der Waals surface area contributed by atoms with Gasteiger partial charge in [0.15, 0.2) is 0 Å². The number of aliphatic hydroxyl groups excluding tert-OH is 1. The van der Waals surface area contributed by atoms with Crippen LogP contribution in [0, 0.1) is 20.8 Å². The van der Waals surface area contributed by atoms with Gasteiger partial charge in [-0.1, -0.05) is 17.7 Å². The molecule has 0 radical (unpaired) electrons. The van der Waals surface area contributed by atoms with Crippen LogP contribution in [0.5, 0.6) is 0 Å². The maximum absolute atomic E-state index is 9.48. The molecule has 1 aromatic carbocycles. The van der Waals surface area contributed by atoms with Crippen LogP contribution in [0.15, 0.2) is 12.1 Å². The van der Waals surface area contributed by atoms with Gasteiger partial charge < -0.3 is 15.3 Å². The van der Waals surface area contributed by atoms with E-state index < -0.39 is 0 Å². The zero-order valence-electron chi connectivity index (χ0n) is 12.7. The van der Waals surface area contributed by atoms with Gasteiger partial charge in [0, 0.05) is 30.4 Å². The predicted octanol–water partition coefficient (Wildman–Crippen LogP) is 2.16. The maximum Gasteiger partial charge on any atom is 0.0602 e. The largest absolute Gasteiger partial charge is 0.395 e. The number of piperazine rings is 1. The molecule has 0 bridgehead atoms. The molecule has 1 aromatic rings. The summed E-state index contributed by atoms with van der Waals surface area (Å²) in [4.78, 5) is 2.42. The highest BCUT2D eigenvalue weighted by Crippen LogP contribution is 2.29. The zero-order chi connectivity index (χ0) is 14.2. The summed E-state index contributed by atoms with van der Waals surface area (Å²) >= 11 is 0. The first kappa shape index (κ1) is 14.4. The van der Waals surface area contributed by atoms with Gasteiger partial charge in [-0.2, -0.15) is 0 Å². The van der Waals surface area contributed by atoms with E-state index in [0.29, 0.717) is 0 Å². The van der Waals surface area contributed by atoms with Gasteiger partial charge in [0.25, 0.3) is 0 Å². The Morgan fingerprint density at radius 3 is 2.37 bits per heavy atom. The molecule has 2 N–H and O–H groups in total. The van der Waals surface area contributed by atoms with Crippen LogP contribution in [0.4, 0.5) is 5.69 Å². The summed E-state index contributed by atoms with van der Waals surface area (Å²) in [7, 11) is 0. The second kappa shape index (κ2) is 5.14. The number of aliphatic hydroxyl groups is 1. The van der Waals surface area contributed by atoms with Gasteiger partial charge in [-0.25, -0.2) is 0 Å². The topological polar surface area (TPSA) is 35.5 Å². The van der Waals surface area contributed by atoms with Gasteiger partial charge >= 0.3 is 0 Å². The molecule has 1 saturated heterocycles. The fraction of sp³-hybridized carbons (Fsp3) is 0.625. The van der Waals surface area contributed by atoms with Crippen molar-refractivity contribution in [2.24, 2.45) is 0 Å². The van der Waals surface area contributed by atoms with Crippen molar-refractivity contribution in [3.8, 4) is 0 Å². The van der Waals surface area contributed by atoms with E-state index in [1.165, 1.54) is 22.4 Å². The Hall–Kier alpha value is -1.06. The van der Waals surface area contributed by atoms with Crippen molar-refractivity contribution in [3.05, 3.63) is 28.8 Å². The summed E-state index contributed by atoms with van der Waals surface area (Å²) in [6.45, 7) is 12.9. The third-order valence-electron chi connectivity index (χ3n) is 3.79. The molecule has 1 fully saturated rings. The highest BCUT2D eigenvalue weighted by Gasteiger charge is 2.32. The molecular formula is C16H26N2O. The molecule has 1 heterocycles. The second-order valence-electron chi connectivity index (χ2n) is 6.54. The van der Waals surface area contributed by atoms with Crippen molar-refractivity contribution >= 4 is 5.69 Å². The molecule has 0 spiro atoms. The predicted molar refractivity (Wildman–Crippen MR) is 81.0 cm³/mol. The van der Waals surface area contributed by atoms with E-state index in [2.05, 4.69) is 57.0 Å². The smallest absolute Gasteiger partial charge is 0.0602 e. The number of hydrogen-bond acceptors (Lipinski definition) is 3. The zero-order valence-corrected chi connectivity index (χ0v) is 12.7. The maximum atomic E-state index is 9.48. The van der Waals surface area contributed by atoms with Gasteiger partial charge in [0.2, 0.25) is 0 Å². The molecule has 19 heavy (non-hydrogen) atoms. The van der Waals surface area contributed by atoms with E-state index in [4.69, 9.17) is 0 Å². The SMILES string of the molecule is Cc1cc(C)c(N2CC(CO)NC(C)(C)C2)c(C)c1. The minimum atomic E-state index is 0.0232. The van der Waals surface area contributed by atoms with Crippen LogP contribution in [0.25, 0.3) is 0 Å². The number of benzene rings is 1. The summed E-state index contributed by atoms with van der Waals surface area (Å²) in [6.07, 6.45) is 0. The lowest BCUT2D eigenvalue weighted by atomic mass is 9.95. The first-order chi connectivity index (χ1) is 8.82. The third-order valence-corrected chi connectivity index (χ3v) is 3.79. The molecule has 0 saturated carbocycles. The van der Waals surface area contributed by atoms with Gasteiger partial charge in [0.05, 0.1) is 6.61 Å². The molecule has 0 aromatic heterocycles. The lowest BCUT2D eigenvalue weighted by Gasteiger charge is -2.45. The van der Waals surface area contributed by atoms with Crippen LogP contribution in [0.1, 0.15) is 30.5 Å². The Bertz CT molecular complexity index is 445. The van der Waals surface area contributed by atoms with Crippen LogP contribution >= 0.6 is 0 Å². The van der Waals surface area contributed by atoms with Crippen LogP contribution in [-0.4, -0.2) is 36.4 Å². The first-order valence-corrected chi connectivity index (χ1v) is 7.04. The lowest BCUT2D eigenvalue weighted by molar-refractivity contribution is 0.191. The quantitative estimate of drug-likeness (QED) is 0.857. The van der Waals surface area contributed by atoms with Crippen LogP contribution < -0.4 is 10.2 Å². The monoisotopic (exact) mass is 262 g/mol. The number of rotatable bonds is 2. The molecule has 2 rings (SSSR count). The molecule has 1 aliphatic rings. The van der Waals surface area contributed by atoms with Gasteiger partial charge in [0.1, 0.15) is 0 Å². The molecule has 0 amide bonds. The van der Waals surface area contributed by atoms with E-state index >= 15 is 0 Å². The first-order valence-electron chi connectivity index (χ1n) is 7.04. The summed E-state index contributed by atoms with van der Waals surface area (Å²) in [5.74, 6) is 0. The number of anilines is 1. The van der Waals surface area contributed by atoms with Crippen molar-refractivity contribution in [1.82, 2.24) is 5.32 Å². The Balaban J connectivity index is 2.35. The second-order valence-corrected chi connectivity index (χ2v) is 6.54. The normalized spacial score (nSPS) is 22.6. The number of nitrogens with one attached hydrogen (secondary N) is 1. The number of aryl methyl sites for hydroxylation is 3. The van der Waals surface area contributed by atoms with Crippen molar-refractivity contribution in [3.63, 3.8) is 0 Å². The molecule has 3 nitrogen and oxygen atoms in total. The van der Waals surface area contributed by atoms with Crippen LogP contribution in [0.3, 0.4) is 0 Å². The van der Waals surface area contributed by atoms with Crippen LogP contribution in [-0.2, 0) is 0 Å². The van der Waals surface area contributed by atoms with E-state index in [-0.39, 0.29) is 18.2 Å². The van der Waals surface area contributed by atoms with Gasteiger partial charge in [-0.15, -0.1) is 0 Å². The summed E-state index contributed by atoms with van der Waals surface area (Å²) < 4.78 is 0. The molecule has 1 atom stereocenters. The minimum absolute atomic E-state index is 0.0232. The fourth-order valence-electron chi connectivity index (χ4n) is 3.40. The average Bonchev–Trinajstić information content (AvgIpc) is 2.25. The average molecular weight is 262 g/mol. The lowest BCUT2D eigenvalue weighted by Crippen LogP contribution is -2.63. The Labute approximate surface area is 116 Å². The standard InChI is InChI=1S/C16H26N2O/c1-11-6-12(2)15(13(3)7-11)18-8-14(9-19)17-16(4,5)10-18/h6-7,14,17,19H,8-10H2,1-5H3. The van der Waals surface area contributed by atoms with E-state index in [1.54, 1.807) is 0 Å². The van der Waals surface area contributed by atoms with Crippen molar-refractivity contribution in [2.75, 3.05) is 24.6 Å². The van der Waals surface area contributed by atoms with Gasteiger partial charge in [-0.05, 0) is 45.7 Å². The molecule has 1 aliphatic heterocycles. The highest BCUT2D eigenvalue weighted by atomic mass is 16.3. The van der Waals surface area contributed by atoms with Crippen LogP contribution in [0.2, 0.25) is 0 Å². The third kappa shape index (κ3) is 3.10. The summed E-state index contributed by atoms with van der Waals surface area (Å²) in [5, 5.41) is 13.0. The molecule has 0 aliphatic carbocycles. The van der Waals surface area contributed by atoms with E-state index in [1.807, 2.05) is 0 Å². The van der Waals surface area contributed by atoms with Gasteiger partial charge in [-0.3, -0.25) is 0 Å². The molecule has 106 valence electrons. The highest BCUT2D eigenvalue weighted by molar-refractivity contribution is 5.61. The minimum Gasteiger partial charge on any atom is -0.395 e. The Morgan fingerprint density at radius 2 is 1.84 bits per heavy atom. The Morgan fingerprint density at radius 1 is 1.26 bits per heavy atom.